The summed E-state index contributed by atoms with van der Waals surface area (Å²) in [4.78, 5) is 12.4. The molecule has 2 unspecified atom stereocenters. The second kappa shape index (κ2) is 55.4. The average Bonchev–Trinajstić information content (AvgIpc) is 3.30. The van der Waals surface area contributed by atoms with Crippen molar-refractivity contribution in [3.05, 3.63) is 60.8 Å². The van der Waals surface area contributed by atoms with Crippen LogP contribution >= 0.6 is 0 Å². The van der Waals surface area contributed by atoms with E-state index in [9.17, 15) is 15.0 Å². The lowest BCUT2D eigenvalue weighted by molar-refractivity contribution is -0.123. The fourth-order valence-corrected chi connectivity index (χ4v) is 8.60. The van der Waals surface area contributed by atoms with Gasteiger partial charge in [0.2, 0.25) is 5.91 Å². The van der Waals surface area contributed by atoms with Crippen molar-refractivity contribution < 1.29 is 15.0 Å². The largest absolute Gasteiger partial charge is 0.394 e. The first-order valence-corrected chi connectivity index (χ1v) is 28.5. The minimum atomic E-state index is -0.869. The minimum absolute atomic E-state index is 0.0756. The molecule has 0 spiro atoms. The van der Waals surface area contributed by atoms with E-state index in [-0.39, 0.29) is 12.5 Å². The number of aliphatic hydroxyl groups is 2. The molecule has 2 atom stereocenters. The Kier molecular flexibility index (Phi) is 53.8. The zero-order valence-corrected chi connectivity index (χ0v) is 43.1. The molecule has 0 saturated heterocycles. The summed E-state index contributed by atoms with van der Waals surface area (Å²) < 4.78 is 0. The van der Waals surface area contributed by atoms with Crippen molar-refractivity contribution >= 4 is 5.91 Å². The quantitative estimate of drug-likeness (QED) is 0.0421. The van der Waals surface area contributed by atoms with Crippen LogP contribution in [0.4, 0.5) is 0 Å². The van der Waals surface area contributed by atoms with E-state index < -0.39 is 12.1 Å². The Morgan fingerprint density at radius 3 is 1.03 bits per heavy atom. The van der Waals surface area contributed by atoms with E-state index in [1.54, 1.807) is 6.08 Å². The molecule has 64 heavy (non-hydrogen) atoms. The third-order valence-corrected chi connectivity index (χ3v) is 13.0. The van der Waals surface area contributed by atoms with Crippen LogP contribution in [0, 0.1) is 0 Å². The van der Waals surface area contributed by atoms with Gasteiger partial charge in [0, 0.05) is 6.42 Å². The molecule has 0 rings (SSSR count). The van der Waals surface area contributed by atoms with Gasteiger partial charge >= 0.3 is 0 Å². The van der Waals surface area contributed by atoms with Crippen LogP contribution in [-0.2, 0) is 4.79 Å². The van der Waals surface area contributed by atoms with Crippen LogP contribution in [0.2, 0.25) is 0 Å². The average molecular weight is 895 g/mol. The molecule has 1 amide bonds. The van der Waals surface area contributed by atoms with Gasteiger partial charge in [-0.1, -0.05) is 274 Å². The molecule has 0 bridgehead atoms. The van der Waals surface area contributed by atoms with E-state index in [0.29, 0.717) is 6.42 Å². The van der Waals surface area contributed by atoms with Gasteiger partial charge in [0.05, 0.1) is 18.8 Å². The Labute approximate surface area is 400 Å². The van der Waals surface area contributed by atoms with Gasteiger partial charge in [0.25, 0.3) is 0 Å². The molecule has 0 aromatic heterocycles. The molecule has 4 heteroatoms. The van der Waals surface area contributed by atoms with Crippen molar-refractivity contribution in [1.29, 1.82) is 0 Å². The lowest BCUT2D eigenvalue weighted by Crippen LogP contribution is -2.45. The van der Waals surface area contributed by atoms with Crippen LogP contribution in [0.1, 0.15) is 296 Å². The number of rotatable bonds is 52. The monoisotopic (exact) mass is 894 g/mol. The normalized spacial score (nSPS) is 13.2. The predicted molar refractivity (Wildman–Crippen MR) is 285 cm³/mol. The molecular formula is C60H111NO3. The summed E-state index contributed by atoms with van der Waals surface area (Å²) in [5, 5.41) is 23.0. The summed E-state index contributed by atoms with van der Waals surface area (Å²) in [6.07, 6.45) is 78.4. The molecule has 0 saturated carbocycles. The standard InChI is InChI=1S/C60H111NO3/c1-3-5-7-9-11-13-15-17-18-19-20-21-22-23-24-25-26-27-28-29-30-31-32-33-34-35-36-37-38-39-40-41-42-44-46-48-50-52-54-56-60(64)61-58(57-62)59(63)55-53-51-49-47-45-43-16-14-12-10-8-6-4-2/h12,14-15,17,19-20,45,47,53,55,58-59,62-63H,3-11,13,16,18,21-44,46,48-52,54,56-57H2,1-2H3,(H,61,64)/b14-12+,17-15-,20-19-,47-45+,55-53+. The van der Waals surface area contributed by atoms with Gasteiger partial charge < -0.3 is 15.5 Å². The summed E-state index contributed by atoms with van der Waals surface area (Å²) in [6, 6.07) is -0.644. The summed E-state index contributed by atoms with van der Waals surface area (Å²) in [7, 11) is 0. The zero-order valence-electron chi connectivity index (χ0n) is 43.1. The van der Waals surface area contributed by atoms with E-state index in [4.69, 9.17) is 0 Å². The molecule has 0 aromatic carbocycles. The number of amides is 1. The molecular weight excluding hydrogens is 783 g/mol. The first kappa shape index (κ1) is 62.1. The summed E-state index contributed by atoms with van der Waals surface area (Å²) >= 11 is 0. The zero-order chi connectivity index (χ0) is 46.3. The molecule has 374 valence electrons. The highest BCUT2D eigenvalue weighted by atomic mass is 16.3. The Morgan fingerprint density at radius 2 is 0.656 bits per heavy atom. The van der Waals surface area contributed by atoms with Crippen molar-refractivity contribution in [2.75, 3.05) is 6.61 Å². The van der Waals surface area contributed by atoms with Gasteiger partial charge in [-0.05, 0) is 77.0 Å². The Hall–Kier alpha value is -1.91. The molecule has 0 fully saturated rings. The van der Waals surface area contributed by atoms with Crippen LogP contribution in [0.5, 0.6) is 0 Å². The van der Waals surface area contributed by atoms with Gasteiger partial charge in [-0.3, -0.25) is 4.79 Å². The summed E-state index contributed by atoms with van der Waals surface area (Å²) in [5.74, 6) is -0.0756. The van der Waals surface area contributed by atoms with Crippen molar-refractivity contribution in [1.82, 2.24) is 5.32 Å². The van der Waals surface area contributed by atoms with Crippen LogP contribution in [0.15, 0.2) is 60.8 Å². The SMILES string of the molecule is CCCCC/C=C/CC/C=C/CC/C=C/C(O)C(CO)NC(=O)CCCCCCCCCCCCCCCCCCCCCCCCCCCCC/C=C\C/C=C\CCCCCCC. The fourth-order valence-electron chi connectivity index (χ4n) is 8.60. The van der Waals surface area contributed by atoms with Gasteiger partial charge in [0.15, 0.2) is 0 Å². The maximum atomic E-state index is 12.4. The second-order valence-electron chi connectivity index (χ2n) is 19.3. The Balaban J connectivity index is 3.40. The number of nitrogens with one attached hydrogen (secondary N) is 1. The van der Waals surface area contributed by atoms with Gasteiger partial charge in [0.1, 0.15) is 0 Å². The number of hydrogen-bond donors (Lipinski definition) is 3. The van der Waals surface area contributed by atoms with E-state index in [1.165, 1.54) is 231 Å². The summed E-state index contributed by atoms with van der Waals surface area (Å²) in [6.45, 7) is 4.26. The number of carbonyl (C=O) groups is 1. The lowest BCUT2D eigenvalue weighted by atomic mass is 10.0. The number of aliphatic hydroxyl groups excluding tert-OH is 2. The van der Waals surface area contributed by atoms with Gasteiger partial charge in [-0.25, -0.2) is 0 Å². The van der Waals surface area contributed by atoms with Crippen LogP contribution in [0.3, 0.4) is 0 Å². The first-order valence-electron chi connectivity index (χ1n) is 28.5. The molecule has 0 aromatic rings. The van der Waals surface area contributed by atoms with Crippen molar-refractivity contribution in [3.8, 4) is 0 Å². The third-order valence-electron chi connectivity index (χ3n) is 13.0. The molecule has 0 heterocycles. The molecule has 0 aliphatic heterocycles. The summed E-state index contributed by atoms with van der Waals surface area (Å²) in [5.41, 5.74) is 0. The molecule has 4 nitrogen and oxygen atoms in total. The maximum absolute atomic E-state index is 12.4. The first-order chi connectivity index (χ1) is 31.7. The fraction of sp³-hybridized carbons (Fsp3) is 0.817. The van der Waals surface area contributed by atoms with Crippen molar-refractivity contribution in [2.45, 2.75) is 309 Å². The van der Waals surface area contributed by atoms with Crippen LogP contribution < -0.4 is 5.32 Å². The van der Waals surface area contributed by atoms with Gasteiger partial charge in [-0.2, -0.15) is 0 Å². The molecule has 0 aliphatic rings. The predicted octanol–water partition coefficient (Wildman–Crippen LogP) is 18.8. The topological polar surface area (TPSA) is 69.6 Å². The van der Waals surface area contributed by atoms with Gasteiger partial charge in [-0.15, -0.1) is 0 Å². The number of unbranched alkanes of at least 4 members (excludes halogenated alkanes) is 37. The number of carbonyl (C=O) groups excluding carboxylic acids is 1. The highest BCUT2D eigenvalue weighted by Crippen LogP contribution is 2.17. The molecule has 3 N–H and O–H groups in total. The second-order valence-corrected chi connectivity index (χ2v) is 19.3. The van der Waals surface area contributed by atoms with E-state index in [1.807, 2.05) is 6.08 Å². The number of allylic oxidation sites excluding steroid dienone is 9. The highest BCUT2D eigenvalue weighted by Gasteiger charge is 2.18. The van der Waals surface area contributed by atoms with E-state index in [0.717, 1.165) is 44.9 Å². The van der Waals surface area contributed by atoms with Crippen LogP contribution in [0.25, 0.3) is 0 Å². The molecule has 0 radical (unpaired) electrons. The Morgan fingerprint density at radius 1 is 0.375 bits per heavy atom. The maximum Gasteiger partial charge on any atom is 0.220 e. The smallest absolute Gasteiger partial charge is 0.220 e. The van der Waals surface area contributed by atoms with Crippen molar-refractivity contribution in [2.24, 2.45) is 0 Å². The van der Waals surface area contributed by atoms with E-state index >= 15 is 0 Å². The highest BCUT2D eigenvalue weighted by molar-refractivity contribution is 5.76. The Bertz CT molecular complexity index is 1060. The third kappa shape index (κ3) is 51.1. The minimum Gasteiger partial charge on any atom is -0.394 e. The molecule has 0 aliphatic carbocycles. The lowest BCUT2D eigenvalue weighted by Gasteiger charge is -2.19. The van der Waals surface area contributed by atoms with Crippen molar-refractivity contribution in [3.63, 3.8) is 0 Å². The number of hydrogen-bond acceptors (Lipinski definition) is 3. The van der Waals surface area contributed by atoms with Crippen LogP contribution in [-0.4, -0.2) is 34.9 Å². The van der Waals surface area contributed by atoms with E-state index in [2.05, 4.69) is 67.8 Å².